The second kappa shape index (κ2) is 48.0. The van der Waals surface area contributed by atoms with Crippen molar-refractivity contribution in [1.82, 2.24) is 0 Å². The highest BCUT2D eigenvalue weighted by Gasteiger charge is 2.39. The van der Waals surface area contributed by atoms with E-state index in [9.17, 15) is 14.4 Å². The summed E-state index contributed by atoms with van der Waals surface area (Å²) in [7, 11) is -1.90. The van der Waals surface area contributed by atoms with Crippen molar-refractivity contribution in [1.29, 1.82) is 0 Å². The average Bonchev–Trinajstić information content (AvgIpc) is 3.22. The van der Waals surface area contributed by atoms with Crippen molar-refractivity contribution in [3.05, 3.63) is 0 Å². The Morgan fingerprint density at radius 1 is 0.237 bits per heavy atom. The lowest BCUT2D eigenvalue weighted by atomic mass is 10.0. The summed E-state index contributed by atoms with van der Waals surface area (Å²) in [5.74, 6) is 2.44. The van der Waals surface area contributed by atoms with Gasteiger partial charge in [-0.1, -0.05) is 310 Å². The van der Waals surface area contributed by atoms with Crippen LogP contribution in [0.5, 0.6) is 0 Å². The molecule has 2 N–H and O–H groups in total. The van der Waals surface area contributed by atoms with Crippen LogP contribution in [-0.4, -0.2) is 27.0 Å². The molecule has 0 fully saturated rings. The second-order valence-corrected chi connectivity index (χ2v) is 27.5. The van der Waals surface area contributed by atoms with Gasteiger partial charge in [-0.2, -0.15) is 0 Å². The Morgan fingerprint density at radius 3 is 0.475 bits per heavy atom. The lowest BCUT2D eigenvalue weighted by Crippen LogP contribution is -2.15. The summed E-state index contributed by atoms with van der Waals surface area (Å²) in [5.41, 5.74) is 0. The summed E-state index contributed by atoms with van der Waals surface area (Å²) in [6.45, 7) is 2.79. The first-order valence-corrected chi connectivity index (χ1v) is 32.1. The van der Waals surface area contributed by atoms with E-state index < -0.39 is 16.4 Å². The number of hydrogen-bond donors (Lipinski definition) is 2. The van der Waals surface area contributed by atoms with Crippen molar-refractivity contribution in [2.24, 2.45) is 0 Å². The third-order valence-corrected chi connectivity index (χ3v) is 22.5. The van der Waals surface area contributed by atoms with Gasteiger partial charge in [-0.3, -0.25) is 0 Å². The summed E-state index contributed by atoms with van der Waals surface area (Å²) in [6, 6.07) is 0. The Kier molecular flexibility index (Phi) is 48.4. The number of unbranched alkanes of at least 4 members (excludes halogenated alkanes) is 45. The second-order valence-electron chi connectivity index (χ2n) is 19.5. The van der Waals surface area contributed by atoms with E-state index in [-0.39, 0.29) is 0 Å². The van der Waals surface area contributed by atoms with Crippen LogP contribution < -0.4 is 0 Å². The molecule has 0 aliphatic carbocycles. The highest BCUT2D eigenvalue weighted by atomic mass is 32.8. The van der Waals surface area contributed by atoms with E-state index in [1.54, 1.807) is 0 Å². The van der Waals surface area contributed by atoms with E-state index in [4.69, 9.17) is 0 Å². The van der Waals surface area contributed by atoms with Crippen LogP contribution in [0, 0.1) is 0 Å². The van der Waals surface area contributed by atoms with Crippen LogP contribution in [0.1, 0.15) is 329 Å². The molecule has 0 amide bonds. The molecule has 0 radical (unpaired) electrons. The fourth-order valence-electron chi connectivity index (χ4n) is 9.42. The Balaban J connectivity index is 4.45. The van der Waals surface area contributed by atoms with E-state index >= 15 is 0 Å². The zero-order chi connectivity index (χ0) is 43.1. The van der Waals surface area contributed by atoms with Crippen LogP contribution in [0.15, 0.2) is 0 Å². The van der Waals surface area contributed by atoms with Crippen molar-refractivity contribution < 1.29 is 14.4 Å². The molecule has 59 heavy (non-hydrogen) atoms. The molecule has 0 heterocycles. The molecule has 358 valence electrons. The molecule has 0 bridgehead atoms. The number of rotatable bonds is 52. The summed E-state index contributed by atoms with van der Waals surface area (Å²) in [4.78, 5) is 21.9. The monoisotopic (exact) mass is 873 g/mol. The minimum absolute atomic E-state index is 0.813. The van der Waals surface area contributed by atoms with Gasteiger partial charge in [0.15, 0.2) is 0 Å². The van der Waals surface area contributed by atoms with Gasteiger partial charge in [0, 0.05) is 0 Å². The van der Waals surface area contributed by atoms with Crippen LogP contribution in [0.3, 0.4) is 0 Å². The van der Waals surface area contributed by atoms with Crippen LogP contribution in [0.25, 0.3) is 0 Å². The molecule has 0 saturated carbocycles. The van der Waals surface area contributed by atoms with Crippen molar-refractivity contribution in [2.45, 2.75) is 329 Å². The van der Waals surface area contributed by atoms with Gasteiger partial charge >= 0.3 is 6.80 Å². The maximum absolute atomic E-state index is 13.4. The fourth-order valence-corrected chi connectivity index (χ4v) is 16.3. The van der Waals surface area contributed by atoms with E-state index in [0.29, 0.717) is 0 Å². The molecule has 0 unspecified atom stereocenters. The van der Waals surface area contributed by atoms with Crippen LogP contribution >= 0.6 is 16.4 Å². The van der Waals surface area contributed by atoms with Gasteiger partial charge in [0.2, 0.25) is 0 Å². The first kappa shape index (κ1) is 59.5. The Hall–Kier alpha value is 0.500. The SMILES string of the molecule is CCCCCCCCCCCCCCCCCCS(CCCCCCCCCCCCCCCCCC)(CCCCCCCCCCCCCCCCCC)P(=O)(O)O. The zero-order valence-corrected chi connectivity index (χ0v) is 42.9. The summed E-state index contributed by atoms with van der Waals surface area (Å²) in [5, 5.41) is 0. The van der Waals surface area contributed by atoms with Gasteiger partial charge in [0.05, 0.1) is 0 Å². The van der Waals surface area contributed by atoms with Crippen LogP contribution in [-0.2, 0) is 4.57 Å². The van der Waals surface area contributed by atoms with E-state index in [1.165, 1.54) is 270 Å². The quantitative estimate of drug-likeness (QED) is 0.0473. The maximum atomic E-state index is 13.4. The lowest BCUT2D eigenvalue weighted by molar-refractivity contribution is 0.395. The largest absolute Gasteiger partial charge is 0.366 e. The van der Waals surface area contributed by atoms with Crippen molar-refractivity contribution in [2.75, 3.05) is 17.3 Å². The predicted octanol–water partition coefficient (Wildman–Crippen LogP) is 20.7. The van der Waals surface area contributed by atoms with Gasteiger partial charge in [-0.05, 0) is 36.5 Å². The van der Waals surface area contributed by atoms with Gasteiger partial charge in [-0.15, -0.1) is 9.65 Å². The standard InChI is InChI=1S/C54H113O3PS/c1-4-7-10-13-16-19-22-25-28-31-34-37-40-43-46-49-52-59(58(55,56)57,53-50-47-44-41-38-35-32-29-26-23-20-17-14-11-8-5-2)54-51-48-45-42-39-36-33-30-27-24-21-18-15-12-9-6-3/h4-54H2,1-3H3,(H2,55,56,57). The highest BCUT2D eigenvalue weighted by molar-refractivity contribution is 8.76. The molecular weight excluding hydrogens is 760 g/mol. The molecule has 0 aromatic rings. The summed E-state index contributed by atoms with van der Waals surface area (Å²) < 4.78 is 13.4. The van der Waals surface area contributed by atoms with E-state index in [0.717, 1.165) is 55.8 Å². The van der Waals surface area contributed by atoms with Gasteiger partial charge in [0.25, 0.3) is 0 Å². The number of hydrogen-bond acceptors (Lipinski definition) is 1. The molecule has 0 atom stereocenters. The molecule has 0 saturated heterocycles. The van der Waals surface area contributed by atoms with Gasteiger partial charge in [0.1, 0.15) is 0 Å². The fraction of sp³-hybridized carbons (Fsp3) is 1.00. The molecule has 0 aromatic carbocycles. The minimum atomic E-state index is -4.09. The molecule has 0 spiro atoms. The molecule has 0 aromatic heterocycles. The van der Waals surface area contributed by atoms with Crippen LogP contribution in [0.4, 0.5) is 0 Å². The molecule has 5 heteroatoms. The summed E-state index contributed by atoms with van der Waals surface area (Å²) >= 11 is 0. The van der Waals surface area contributed by atoms with Crippen molar-refractivity contribution >= 4 is 16.4 Å². The summed E-state index contributed by atoms with van der Waals surface area (Å²) in [6.07, 6.45) is 64.6. The van der Waals surface area contributed by atoms with E-state index in [2.05, 4.69) is 20.8 Å². The van der Waals surface area contributed by atoms with Gasteiger partial charge < -0.3 is 9.79 Å². The Morgan fingerprint density at radius 2 is 0.356 bits per heavy atom. The highest BCUT2D eigenvalue weighted by Crippen LogP contribution is 2.78. The van der Waals surface area contributed by atoms with Gasteiger partial charge in [-0.25, -0.2) is 4.57 Å². The van der Waals surface area contributed by atoms with Crippen molar-refractivity contribution in [3.63, 3.8) is 0 Å². The molecular formula is C54H113O3PS. The smallest absolute Gasteiger partial charge is 0.318 e. The predicted molar refractivity (Wildman–Crippen MR) is 273 cm³/mol. The average molecular weight is 874 g/mol. The zero-order valence-electron chi connectivity index (χ0n) is 41.2. The van der Waals surface area contributed by atoms with Crippen LogP contribution in [0.2, 0.25) is 0 Å². The Labute approximate surface area is 375 Å². The lowest BCUT2D eigenvalue weighted by Gasteiger charge is -2.40. The molecule has 0 rings (SSSR count). The third kappa shape index (κ3) is 42.2. The van der Waals surface area contributed by atoms with E-state index in [1.807, 2.05) is 0 Å². The molecule has 0 aliphatic rings. The minimum Gasteiger partial charge on any atom is -0.318 e. The third-order valence-electron chi connectivity index (χ3n) is 13.6. The topological polar surface area (TPSA) is 57.5 Å². The first-order valence-electron chi connectivity index (χ1n) is 27.8. The van der Waals surface area contributed by atoms with Crippen molar-refractivity contribution in [3.8, 4) is 0 Å². The molecule has 3 nitrogen and oxygen atoms in total. The Bertz CT molecular complexity index is 742. The maximum Gasteiger partial charge on any atom is 0.366 e. The normalized spacial score (nSPS) is 12.6. The first-order chi connectivity index (χ1) is 28.9. The molecule has 0 aliphatic heterocycles.